The van der Waals surface area contributed by atoms with Gasteiger partial charge in [0.15, 0.2) is 5.82 Å². The number of aryl methyl sites for hydroxylation is 1. The topological polar surface area (TPSA) is 59.9 Å². The Labute approximate surface area is 106 Å². The van der Waals surface area contributed by atoms with Gasteiger partial charge in [-0.3, -0.25) is 0 Å². The Hall–Kier alpha value is -2.17. The second-order valence-electron chi connectivity index (χ2n) is 3.79. The molecule has 0 radical (unpaired) electrons. The molecule has 0 aliphatic carbocycles. The van der Waals surface area contributed by atoms with Crippen LogP contribution in [0, 0.1) is 0 Å². The van der Waals surface area contributed by atoms with Gasteiger partial charge in [0.2, 0.25) is 0 Å². The average Bonchev–Trinajstić information content (AvgIpc) is 2.46. The van der Waals surface area contributed by atoms with Crippen LogP contribution < -0.4 is 10.1 Å². The first-order valence-corrected chi connectivity index (χ1v) is 5.82. The smallest absolute Gasteiger partial charge is 0.156 e. The van der Waals surface area contributed by atoms with Crippen molar-refractivity contribution in [2.45, 2.75) is 13.3 Å². The number of nitrogens with one attached hydrogen (secondary N) is 1. The zero-order valence-electron chi connectivity index (χ0n) is 10.8. The van der Waals surface area contributed by atoms with Gasteiger partial charge in [0.25, 0.3) is 0 Å². The van der Waals surface area contributed by atoms with Crippen molar-refractivity contribution in [3.05, 3.63) is 30.1 Å². The van der Waals surface area contributed by atoms with E-state index < -0.39 is 0 Å². The minimum absolute atomic E-state index is 0.720. The summed E-state index contributed by atoms with van der Waals surface area (Å²) in [6, 6.07) is 5.97. The van der Waals surface area contributed by atoms with E-state index in [-0.39, 0.29) is 0 Å². The number of benzene rings is 1. The number of hydrogen-bond donors (Lipinski definition) is 1. The van der Waals surface area contributed by atoms with E-state index in [2.05, 4.69) is 33.5 Å². The predicted octanol–water partition coefficient (Wildman–Crippen LogP) is 2.15. The summed E-state index contributed by atoms with van der Waals surface area (Å²) in [6.07, 6.45) is 2.33. The number of methoxy groups -OCH3 is 1. The van der Waals surface area contributed by atoms with Crippen molar-refractivity contribution < 1.29 is 4.74 Å². The lowest BCUT2D eigenvalue weighted by Gasteiger charge is -2.10. The fourth-order valence-electron chi connectivity index (χ4n) is 1.86. The normalized spacial score (nSPS) is 10.2. The molecule has 18 heavy (non-hydrogen) atoms. The molecule has 94 valence electrons. The van der Waals surface area contributed by atoms with Crippen molar-refractivity contribution in [3.8, 4) is 17.0 Å². The van der Waals surface area contributed by atoms with Gasteiger partial charge in [-0.1, -0.05) is 6.92 Å². The summed E-state index contributed by atoms with van der Waals surface area (Å²) in [6.45, 7) is 2.09. The molecular formula is C13H16N4O. The summed E-state index contributed by atoms with van der Waals surface area (Å²) in [5.74, 6) is 1.61. The SMILES string of the molecule is CCc1cc(-c2nncnc2NC)ccc1OC. The van der Waals surface area contributed by atoms with E-state index in [1.807, 2.05) is 19.2 Å². The van der Waals surface area contributed by atoms with Crippen molar-refractivity contribution in [2.24, 2.45) is 0 Å². The third-order valence-electron chi connectivity index (χ3n) is 2.79. The zero-order valence-corrected chi connectivity index (χ0v) is 10.8. The van der Waals surface area contributed by atoms with Crippen LogP contribution in [-0.2, 0) is 6.42 Å². The van der Waals surface area contributed by atoms with Crippen molar-refractivity contribution in [3.63, 3.8) is 0 Å². The summed E-state index contributed by atoms with van der Waals surface area (Å²) in [5, 5.41) is 11.0. The van der Waals surface area contributed by atoms with E-state index in [0.29, 0.717) is 0 Å². The molecule has 5 heteroatoms. The number of nitrogens with zero attached hydrogens (tertiary/aromatic N) is 3. The van der Waals surface area contributed by atoms with Gasteiger partial charge in [-0.2, -0.15) is 0 Å². The average molecular weight is 244 g/mol. The molecule has 1 N–H and O–H groups in total. The first kappa shape index (κ1) is 12.3. The van der Waals surface area contributed by atoms with Gasteiger partial charge in [-0.05, 0) is 30.2 Å². The lowest BCUT2D eigenvalue weighted by molar-refractivity contribution is 0.410. The molecule has 1 heterocycles. The van der Waals surface area contributed by atoms with Crippen LogP contribution in [-0.4, -0.2) is 29.3 Å². The molecule has 1 aromatic carbocycles. The van der Waals surface area contributed by atoms with Crippen LogP contribution in [0.4, 0.5) is 5.82 Å². The number of hydrogen-bond acceptors (Lipinski definition) is 5. The number of rotatable bonds is 4. The fourth-order valence-corrected chi connectivity index (χ4v) is 1.86. The van der Waals surface area contributed by atoms with E-state index in [1.165, 1.54) is 6.33 Å². The summed E-state index contributed by atoms with van der Waals surface area (Å²) in [5.41, 5.74) is 2.87. The molecule has 1 aromatic heterocycles. The van der Waals surface area contributed by atoms with Crippen LogP contribution in [0.2, 0.25) is 0 Å². The van der Waals surface area contributed by atoms with Gasteiger partial charge < -0.3 is 10.1 Å². The number of ether oxygens (including phenoxy) is 1. The van der Waals surface area contributed by atoms with E-state index in [9.17, 15) is 0 Å². The highest BCUT2D eigenvalue weighted by molar-refractivity contribution is 5.71. The maximum atomic E-state index is 5.32. The molecule has 2 aromatic rings. The minimum atomic E-state index is 0.720. The molecule has 0 unspecified atom stereocenters. The zero-order chi connectivity index (χ0) is 13.0. The molecule has 0 aliphatic heterocycles. The largest absolute Gasteiger partial charge is 0.496 e. The number of anilines is 1. The monoisotopic (exact) mass is 244 g/mol. The Morgan fingerprint density at radius 2 is 2.17 bits per heavy atom. The molecule has 5 nitrogen and oxygen atoms in total. The van der Waals surface area contributed by atoms with Crippen LogP contribution in [0.25, 0.3) is 11.3 Å². The maximum absolute atomic E-state index is 5.32. The molecular weight excluding hydrogens is 228 g/mol. The summed E-state index contributed by atoms with van der Waals surface area (Å²) >= 11 is 0. The Bertz CT molecular complexity index is 542. The summed E-state index contributed by atoms with van der Waals surface area (Å²) in [4.78, 5) is 4.16. The van der Waals surface area contributed by atoms with Gasteiger partial charge in [0, 0.05) is 12.6 Å². The molecule has 0 saturated carbocycles. The van der Waals surface area contributed by atoms with Crippen LogP contribution >= 0.6 is 0 Å². The lowest BCUT2D eigenvalue weighted by Crippen LogP contribution is -2.00. The van der Waals surface area contributed by atoms with Crippen molar-refractivity contribution in [1.29, 1.82) is 0 Å². The van der Waals surface area contributed by atoms with E-state index in [0.717, 1.165) is 34.8 Å². The molecule has 2 rings (SSSR count). The third kappa shape index (κ3) is 2.25. The van der Waals surface area contributed by atoms with Gasteiger partial charge >= 0.3 is 0 Å². The van der Waals surface area contributed by atoms with Gasteiger partial charge in [0.1, 0.15) is 17.8 Å². The van der Waals surface area contributed by atoms with Gasteiger partial charge in [-0.15, -0.1) is 10.2 Å². The van der Waals surface area contributed by atoms with Gasteiger partial charge in [-0.25, -0.2) is 4.98 Å². The lowest BCUT2D eigenvalue weighted by atomic mass is 10.1. The number of aromatic nitrogens is 3. The Balaban J connectivity index is 2.51. The van der Waals surface area contributed by atoms with Crippen LogP contribution in [0.1, 0.15) is 12.5 Å². The quantitative estimate of drug-likeness (QED) is 0.893. The van der Waals surface area contributed by atoms with Crippen molar-refractivity contribution in [2.75, 3.05) is 19.5 Å². The van der Waals surface area contributed by atoms with E-state index in [4.69, 9.17) is 4.74 Å². The van der Waals surface area contributed by atoms with Gasteiger partial charge in [0.05, 0.1) is 7.11 Å². The molecule has 0 atom stereocenters. The first-order chi connectivity index (χ1) is 8.80. The summed E-state index contributed by atoms with van der Waals surface area (Å²) < 4.78 is 5.32. The second-order valence-corrected chi connectivity index (χ2v) is 3.79. The Kier molecular flexibility index (Phi) is 3.72. The predicted molar refractivity (Wildman–Crippen MR) is 70.7 cm³/mol. The standard InChI is InChI=1S/C13H16N4O/c1-4-9-7-10(5-6-11(9)18-3)12-13(14-2)15-8-16-17-12/h5-8H,4H2,1-3H3,(H,14,15,16). The van der Waals surface area contributed by atoms with E-state index >= 15 is 0 Å². The highest BCUT2D eigenvalue weighted by atomic mass is 16.5. The Morgan fingerprint density at radius 3 is 2.83 bits per heavy atom. The van der Waals surface area contributed by atoms with E-state index in [1.54, 1.807) is 7.11 Å². The maximum Gasteiger partial charge on any atom is 0.156 e. The van der Waals surface area contributed by atoms with Crippen molar-refractivity contribution >= 4 is 5.82 Å². The van der Waals surface area contributed by atoms with Crippen LogP contribution in [0.3, 0.4) is 0 Å². The van der Waals surface area contributed by atoms with Crippen LogP contribution in [0.5, 0.6) is 5.75 Å². The molecule has 0 spiro atoms. The highest BCUT2D eigenvalue weighted by Crippen LogP contribution is 2.28. The second kappa shape index (κ2) is 5.44. The molecule has 0 amide bonds. The Morgan fingerprint density at radius 1 is 1.33 bits per heavy atom. The molecule has 0 saturated heterocycles. The molecule has 0 aliphatic rings. The third-order valence-corrected chi connectivity index (χ3v) is 2.79. The van der Waals surface area contributed by atoms with Crippen LogP contribution in [0.15, 0.2) is 24.5 Å². The van der Waals surface area contributed by atoms with Crippen molar-refractivity contribution in [1.82, 2.24) is 15.2 Å². The fraction of sp³-hybridized carbons (Fsp3) is 0.308. The minimum Gasteiger partial charge on any atom is -0.496 e. The first-order valence-electron chi connectivity index (χ1n) is 5.82. The molecule has 0 fully saturated rings. The summed E-state index contributed by atoms with van der Waals surface area (Å²) in [7, 11) is 3.49. The molecule has 0 bridgehead atoms. The highest BCUT2D eigenvalue weighted by Gasteiger charge is 2.10.